The molecule has 4 heterocycles. The summed E-state index contributed by atoms with van der Waals surface area (Å²) in [6.07, 6.45) is 5.01. The Morgan fingerprint density at radius 3 is 2.80 bits per heavy atom. The number of aromatic nitrogens is 3. The van der Waals surface area contributed by atoms with E-state index in [9.17, 15) is 5.11 Å². The van der Waals surface area contributed by atoms with Crippen LogP contribution < -0.4 is 14.4 Å². The molecule has 0 unspecified atom stereocenters. The first-order valence-corrected chi connectivity index (χ1v) is 8.45. The molecule has 0 spiro atoms. The van der Waals surface area contributed by atoms with Gasteiger partial charge in [-0.2, -0.15) is 9.61 Å². The van der Waals surface area contributed by atoms with Crippen molar-refractivity contribution in [1.29, 1.82) is 0 Å². The van der Waals surface area contributed by atoms with Gasteiger partial charge >= 0.3 is 0 Å². The molecule has 7 heteroatoms. The predicted octanol–water partition coefficient (Wildman–Crippen LogP) is 2.09. The van der Waals surface area contributed by atoms with E-state index in [0.717, 1.165) is 60.0 Å². The molecule has 1 fully saturated rings. The van der Waals surface area contributed by atoms with E-state index in [0.29, 0.717) is 0 Å². The molecule has 128 valence electrons. The number of anilines is 1. The van der Waals surface area contributed by atoms with E-state index in [4.69, 9.17) is 9.47 Å². The number of aliphatic hydroxyl groups is 1. The highest BCUT2D eigenvalue weighted by atomic mass is 16.7. The number of piperidine rings is 1. The van der Waals surface area contributed by atoms with Gasteiger partial charge in [0.05, 0.1) is 12.3 Å². The van der Waals surface area contributed by atoms with Crippen molar-refractivity contribution >= 4 is 11.5 Å². The molecule has 0 aliphatic carbocycles. The maximum Gasteiger partial charge on any atom is 0.231 e. The van der Waals surface area contributed by atoms with Gasteiger partial charge in [0, 0.05) is 24.8 Å². The normalized spacial score (nSPS) is 17.4. The average Bonchev–Trinajstić information content (AvgIpc) is 3.28. The van der Waals surface area contributed by atoms with Gasteiger partial charge in [-0.15, -0.1) is 0 Å². The zero-order valence-corrected chi connectivity index (χ0v) is 13.6. The van der Waals surface area contributed by atoms with E-state index in [-0.39, 0.29) is 12.9 Å². The molecule has 3 aromatic rings. The third-order valence-electron chi connectivity index (χ3n) is 4.85. The number of hydrogen-bond donors (Lipinski definition) is 1. The molecular weight excluding hydrogens is 320 g/mol. The molecule has 7 nitrogen and oxygen atoms in total. The number of hydrogen-bond acceptors (Lipinski definition) is 6. The van der Waals surface area contributed by atoms with Crippen LogP contribution in [0.15, 0.2) is 36.7 Å². The number of ether oxygens (including phenoxy) is 2. The lowest BCUT2D eigenvalue weighted by molar-refractivity contribution is 0.145. The van der Waals surface area contributed by atoms with Crippen molar-refractivity contribution in [2.45, 2.75) is 18.9 Å². The molecule has 1 aromatic carbocycles. The van der Waals surface area contributed by atoms with E-state index >= 15 is 0 Å². The molecule has 2 aliphatic heterocycles. The second-order valence-corrected chi connectivity index (χ2v) is 6.38. The fourth-order valence-electron chi connectivity index (χ4n) is 3.48. The molecule has 0 radical (unpaired) electrons. The van der Waals surface area contributed by atoms with Crippen LogP contribution in [0, 0.1) is 0 Å². The Morgan fingerprint density at radius 2 is 1.92 bits per heavy atom. The minimum atomic E-state index is -0.199. The largest absolute Gasteiger partial charge is 0.454 e. The number of rotatable bonds is 2. The maximum atomic E-state index is 9.73. The van der Waals surface area contributed by atoms with Crippen molar-refractivity contribution in [3.05, 3.63) is 36.7 Å². The van der Waals surface area contributed by atoms with Crippen molar-refractivity contribution in [3.8, 4) is 22.6 Å². The summed E-state index contributed by atoms with van der Waals surface area (Å²) in [4.78, 5) is 6.78. The van der Waals surface area contributed by atoms with Gasteiger partial charge in [0.1, 0.15) is 5.82 Å². The zero-order chi connectivity index (χ0) is 16.8. The smallest absolute Gasteiger partial charge is 0.231 e. The van der Waals surface area contributed by atoms with Crippen molar-refractivity contribution in [2.75, 3.05) is 24.8 Å². The lowest BCUT2D eigenvalue weighted by Crippen LogP contribution is -2.36. The van der Waals surface area contributed by atoms with Crippen LogP contribution >= 0.6 is 0 Å². The molecule has 5 rings (SSSR count). The van der Waals surface area contributed by atoms with Gasteiger partial charge in [0.15, 0.2) is 17.1 Å². The van der Waals surface area contributed by atoms with Crippen LogP contribution in [0.25, 0.3) is 16.8 Å². The average molecular weight is 338 g/mol. The van der Waals surface area contributed by atoms with Crippen LogP contribution in [-0.4, -0.2) is 45.7 Å². The number of nitrogens with zero attached hydrogens (tertiary/aromatic N) is 4. The summed E-state index contributed by atoms with van der Waals surface area (Å²) >= 11 is 0. The van der Waals surface area contributed by atoms with Crippen molar-refractivity contribution < 1.29 is 14.6 Å². The fraction of sp³-hybridized carbons (Fsp3) is 0.333. The van der Waals surface area contributed by atoms with Crippen LogP contribution in [0.1, 0.15) is 12.8 Å². The summed E-state index contributed by atoms with van der Waals surface area (Å²) in [5.41, 5.74) is 2.76. The van der Waals surface area contributed by atoms with Crippen molar-refractivity contribution in [2.24, 2.45) is 0 Å². The Labute approximate surface area is 144 Å². The van der Waals surface area contributed by atoms with E-state index in [2.05, 4.69) is 15.0 Å². The molecule has 2 aromatic heterocycles. The van der Waals surface area contributed by atoms with Gasteiger partial charge in [-0.1, -0.05) is 6.07 Å². The summed E-state index contributed by atoms with van der Waals surface area (Å²) < 4.78 is 12.7. The maximum absolute atomic E-state index is 9.73. The van der Waals surface area contributed by atoms with Gasteiger partial charge in [-0.3, -0.25) is 0 Å². The minimum absolute atomic E-state index is 0.199. The molecule has 0 amide bonds. The first-order chi connectivity index (χ1) is 12.3. The first kappa shape index (κ1) is 14.5. The minimum Gasteiger partial charge on any atom is -0.454 e. The van der Waals surface area contributed by atoms with Gasteiger partial charge in [-0.25, -0.2) is 4.98 Å². The summed E-state index contributed by atoms with van der Waals surface area (Å²) in [7, 11) is 0. The molecule has 1 N–H and O–H groups in total. The van der Waals surface area contributed by atoms with E-state index in [1.165, 1.54) is 0 Å². The number of fused-ring (bicyclic) bond motifs is 2. The summed E-state index contributed by atoms with van der Waals surface area (Å²) in [5, 5.41) is 14.3. The Kier molecular flexibility index (Phi) is 3.27. The monoisotopic (exact) mass is 338 g/mol. The van der Waals surface area contributed by atoms with Crippen LogP contribution in [-0.2, 0) is 0 Å². The molecule has 0 atom stereocenters. The second kappa shape index (κ2) is 5.63. The molecule has 25 heavy (non-hydrogen) atoms. The standard InChI is InChI=1S/C18H18N4O3/c23-13-4-7-21(8-5-13)17-3-6-19-18-14(10-20-22(17)18)12-1-2-15-16(9-12)25-11-24-15/h1-3,6,9-10,13,23H,4-5,7-8,11H2. The Bertz CT molecular complexity index is 931. The molecule has 0 bridgehead atoms. The lowest BCUT2D eigenvalue weighted by atomic mass is 10.1. The Morgan fingerprint density at radius 1 is 1.08 bits per heavy atom. The quantitative estimate of drug-likeness (QED) is 0.771. The fourth-order valence-corrected chi connectivity index (χ4v) is 3.48. The third kappa shape index (κ3) is 2.39. The summed E-state index contributed by atoms with van der Waals surface area (Å²) in [6, 6.07) is 7.85. The van der Waals surface area contributed by atoms with Crippen LogP contribution in [0.3, 0.4) is 0 Å². The second-order valence-electron chi connectivity index (χ2n) is 6.38. The summed E-state index contributed by atoms with van der Waals surface area (Å²) in [5.74, 6) is 2.52. The molecule has 2 aliphatic rings. The molecular formula is C18H18N4O3. The van der Waals surface area contributed by atoms with E-state index < -0.39 is 0 Å². The van der Waals surface area contributed by atoms with Gasteiger partial charge in [-0.05, 0) is 36.6 Å². The lowest BCUT2D eigenvalue weighted by Gasteiger charge is -2.31. The zero-order valence-electron chi connectivity index (χ0n) is 13.6. The molecule has 1 saturated heterocycles. The van der Waals surface area contributed by atoms with Crippen molar-refractivity contribution in [3.63, 3.8) is 0 Å². The third-order valence-corrected chi connectivity index (χ3v) is 4.85. The van der Waals surface area contributed by atoms with Crippen molar-refractivity contribution in [1.82, 2.24) is 14.6 Å². The SMILES string of the molecule is OC1CCN(c2ccnc3c(-c4ccc5c(c4)OCO5)cnn23)CC1. The highest BCUT2D eigenvalue weighted by Crippen LogP contribution is 2.37. The highest BCUT2D eigenvalue weighted by Gasteiger charge is 2.21. The Hall–Kier alpha value is -2.80. The summed E-state index contributed by atoms with van der Waals surface area (Å²) in [6.45, 7) is 1.90. The van der Waals surface area contributed by atoms with Gasteiger partial charge in [0.2, 0.25) is 6.79 Å². The first-order valence-electron chi connectivity index (χ1n) is 8.45. The predicted molar refractivity (Wildman–Crippen MR) is 92.0 cm³/mol. The van der Waals surface area contributed by atoms with E-state index in [1.54, 1.807) is 0 Å². The van der Waals surface area contributed by atoms with Gasteiger partial charge in [0.25, 0.3) is 0 Å². The van der Waals surface area contributed by atoms with Gasteiger partial charge < -0.3 is 19.5 Å². The van der Waals surface area contributed by atoms with Crippen LogP contribution in [0.2, 0.25) is 0 Å². The molecule has 0 saturated carbocycles. The number of benzene rings is 1. The highest BCUT2D eigenvalue weighted by molar-refractivity contribution is 5.79. The van der Waals surface area contributed by atoms with Crippen LogP contribution in [0.4, 0.5) is 5.82 Å². The number of aliphatic hydroxyl groups excluding tert-OH is 1. The Balaban J connectivity index is 1.56. The van der Waals surface area contributed by atoms with E-state index in [1.807, 2.05) is 41.2 Å². The van der Waals surface area contributed by atoms with Crippen LogP contribution in [0.5, 0.6) is 11.5 Å². The topological polar surface area (TPSA) is 72.1 Å².